The van der Waals surface area contributed by atoms with Crippen LogP contribution in [0.4, 0.5) is 0 Å². The number of ether oxygens (including phenoxy) is 2. The van der Waals surface area contributed by atoms with E-state index < -0.39 is 5.97 Å². The number of carbonyl (C=O) groups excluding carboxylic acids is 2. The SMILES string of the molecule is COC(=O)c1cc2[nH]cc(C=O)c2cc1OC. The van der Waals surface area contributed by atoms with Crippen molar-refractivity contribution < 1.29 is 19.1 Å². The molecular weight excluding hydrogens is 222 g/mol. The number of nitrogens with one attached hydrogen (secondary N) is 1. The largest absolute Gasteiger partial charge is 0.496 e. The Morgan fingerprint density at radius 1 is 1.35 bits per heavy atom. The average Bonchev–Trinajstić information content (AvgIpc) is 2.78. The highest BCUT2D eigenvalue weighted by atomic mass is 16.5. The molecule has 5 heteroatoms. The molecule has 2 rings (SSSR count). The number of aromatic nitrogens is 1. The maximum atomic E-state index is 11.5. The molecule has 1 aromatic carbocycles. The van der Waals surface area contributed by atoms with E-state index in [9.17, 15) is 9.59 Å². The number of hydrogen-bond donors (Lipinski definition) is 1. The molecule has 17 heavy (non-hydrogen) atoms. The fraction of sp³-hybridized carbons (Fsp3) is 0.167. The van der Waals surface area contributed by atoms with Gasteiger partial charge in [-0.15, -0.1) is 0 Å². The van der Waals surface area contributed by atoms with Gasteiger partial charge in [0.25, 0.3) is 0 Å². The highest BCUT2D eigenvalue weighted by Gasteiger charge is 2.15. The molecule has 0 fully saturated rings. The van der Waals surface area contributed by atoms with Crippen molar-refractivity contribution in [3.8, 4) is 5.75 Å². The molecule has 5 nitrogen and oxygen atoms in total. The number of fused-ring (bicyclic) bond motifs is 1. The van der Waals surface area contributed by atoms with Gasteiger partial charge >= 0.3 is 5.97 Å². The standard InChI is InChI=1S/C12H11NO4/c1-16-11-4-8-7(6-14)5-13-10(8)3-9(11)12(15)17-2/h3-6,13H,1-2H3. The number of hydrogen-bond acceptors (Lipinski definition) is 4. The summed E-state index contributed by atoms with van der Waals surface area (Å²) in [7, 11) is 2.76. The molecule has 88 valence electrons. The Morgan fingerprint density at radius 3 is 2.71 bits per heavy atom. The summed E-state index contributed by atoms with van der Waals surface area (Å²) in [6.45, 7) is 0. The lowest BCUT2D eigenvalue weighted by Crippen LogP contribution is -2.04. The van der Waals surface area contributed by atoms with Crippen LogP contribution in [0, 0.1) is 0 Å². The first-order valence-corrected chi connectivity index (χ1v) is 4.94. The van der Waals surface area contributed by atoms with Gasteiger partial charge in [0.05, 0.1) is 14.2 Å². The molecule has 0 spiro atoms. The zero-order valence-electron chi connectivity index (χ0n) is 9.44. The lowest BCUT2D eigenvalue weighted by molar-refractivity contribution is 0.0597. The third-order valence-electron chi connectivity index (χ3n) is 2.57. The molecule has 0 aliphatic heterocycles. The second-order valence-corrected chi connectivity index (χ2v) is 3.45. The lowest BCUT2D eigenvalue weighted by Gasteiger charge is -2.07. The highest BCUT2D eigenvalue weighted by molar-refractivity contribution is 6.03. The summed E-state index contributed by atoms with van der Waals surface area (Å²) >= 11 is 0. The van der Waals surface area contributed by atoms with Gasteiger partial charge in [0.15, 0.2) is 6.29 Å². The van der Waals surface area contributed by atoms with Crippen molar-refractivity contribution in [1.82, 2.24) is 4.98 Å². The van der Waals surface area contributed by atoms with Gasteiger partial charge in [0.2, 0.25) is 0 Å². The van der Waals surface area contributed by atoms with Gasteiger partial charge < -0.3 is 14.5 Å². The Kier molecular flexibility index (Phi) is 2.82. The van der Waals surface area contributed by atoms with Crippen LogP contribution in [-0.2, 0) is 4.74 Å². The minimum atomic E-state index is -0.481. The smallest absolute Gasteiger partial charge is 0.341 e. The van der Waals surface area contributed by atoms with Crippen LogP contribution in [0.15, 0.2) is 18.3 Å². The maximum Gasteiger partial charge on any atom is 0.341 e. The minimum Gasteiger partial charge on any atom is -0.496 e. The zero-order chi connectivity index (χ0) is 12.4. The first-order chi connectivity index (χ1) is 8.21. The van der Waals surface area contributed by atoms with Crippen molar-refractivity contribution in [1.29, 1.82) is 0 Å². The Hall–Kier alpha value is -2.30. The van der Waals surface area contributed by atoms with Crippen LogP contribution < -0.4 is 4.74 Å². The van der Waals surface area contributed by atoms with E-state index in [0.29, 0.717) is 27.8 Å². The molecule has 1 heterocycles. The van der Waals surface area contributed by atoms with E-state index in [1.54, 1.807) is 18.3 Å². The molecule has 0 aliphatic carbocycles. The molecule has 0 saturated heterocycles. The number of rotatable bonds is 3. The van der Waals surface area contributed by atoms with Crippen molar-refractivity contribution in [3.05, 3.63) is 29.5 Å². The van der Waals surface area contributed by atoms with Crippen LogP contribution >= 0.6 is 0 Å². The molecule has 0 bridgehead atoms. The van der Waals surface area contributed by atoms with Gasteiger partial charge in [0.1, 0.15) is 11.3 Å². The summed E-state index contributed by atoms with van der Waals surface area (Å²) in [6.07, 6.45) is 2.33. The number of benzene rings is 1. The predicted octanol–water partition coefficient (Wildman–Crippen LogP) is 1.78. The highest BCUT2D eigenvalue weighted by Crippen LogP contribution is 2.27. The van der Waals surface area contributed by atoms with Gasteiger partial charge in [-0.1, -0.05) is 0 Å². The van der Waals surface area contributed by atoms with E-state index in [4.69, 9.17) is 4.74 Å². The summed E-state index contributed by atoms with van der Waals surface area (Å²) < 4.78 is 9.77. The summed E-state index contributed by atoms with van der Waals surface area (Å²) in [6, 6.07) is 3.24. The van der Waals surface area contributed by atoms with Crippen LogP contribution in [0.3, 0.4) is 0 Å². The van der Waals surface area contributed by atoms with E-state index >= 15 is 0 Å². The Balaban J connectivity index is 2.70. The van der Waals surface area contributed by atoms with Crippen molar-refractivity contribution >= 4 is 23.2 Å². The topological polar surface area (TPSA) is 68.4 Å². The fourth-order valence-corrected chi connectivity index (χ4v) is 1.71. The number of aromatic amines is 1. The molecule has 2 aromatic rings. The van der Waals surface area contributed by atoms with Crippen LogP contribution in [0.1, 0.15) is 20.7 Å². The number of methoxy groups -OCH3 is 2. The Morgan fingerprint density at radius 2 is 2.12 bits per heavy atom. The second-order valence-electron chi connectivity index (χ2n) is 3.45. The van der Waals surface area contributed by atoms with E-state index in [0.717, 1.165) is 6.29 Å². The molecule has 1 N–H and O–H groups in total. The zero-order valence-corrected chi connectivity index (χ0v) is 9.44. The van der Waals surface area contributed by atoms with Gasteiger partial charge in [-0.3, -0.25) is 4.79 Å². The average molecular weight is 233 g/mol. The van der Waals surface area contributed by atoms with E-state index in [2.05, 4.69) is 9.72 Å². The second kappa shape index (κ2) is 4.29. The minimum absolute atomic E-state index is 0.321. The number of H-pyrrole nitrogens is 1. The maximum absolute atomic E-state index is 11.5. The van der Waals surface area contributed by atoms with E-state index in [1.165, 1.54) is 14.2 Å². The van der Waals surface area contributed by atoms with Crippen molar-refractivity contribution in [2.45, 2.75) is 0 Å². The van der Waals surface area contributed by atoms with Crippen LogP contribution in [0.25, 0.3) is 10.9 Å². The van der Waals surface area contributed by atoms with Gasteiger partial charge in [0, 0.05) is 22.7 Å². The van der Waals surface area contributed by atoms with Crippen molar-refractivity contribution in [2.24, 2.45) is 0 Å². The Bertz CT molecular complexity index is 585. The molecule has 1 aromatic heterocycles. The van der Waals surface area contributed by atoms with Crippen LogP contribution in [-0.4, -0.2) is 31.5 Å². The summed E-state index contributed by atoms with van der Waals surface area (Å²) in [4.78, 5) is 25.2. The normalized spacial score (nSPS) is 10.2. The van der Waals surface area contributed by atoms with E-state index in [1.807, 2.05) is 0 Å². The summed E-state index contributed by atoms with van der Waals surface area (Å²) in [5, 5.41) is 0.713. The molecule has 0 amide bonds. The van der Waals surface area contributed by atoms with E-state index in [-0.39, 0.29) is 0 Å². The summed E-state index contributed by atoms with van der Waals surface area (Å²) in [5.41, 5.74) is 1.53. The molecule has 0 radical (unpaired) electrons. The first-order valence-electron chi connectivity index (χ1n) is 4.94. The molecule has 0 aliphatic rings. The number of esters is 1. The third kappa shape index (κ3) is 1.75. The quantitative estimate of drug-likeness (QED) is 0.648. The van der Waals surface area contributed by atoms with Crippen LogP contribution in [0.5, 0.6) is 5.75 Å². The Labute approximate surface area is 97.3 Å². The lowest BCUT2D eigenvalue weighted by atomic mass is 10.1. The van der Waals surface area contributed by atoms with Gasteiger partial charge in [-0.25, -0.2) is 4.79 Å². The predicted molar refractivity (Wildman–Crippen MR) is 61.6 cm³/mol. The number of aldehydes is 1. The summed E-state index contributed by atoms with van der Waals surface area (Å²) in [5.74, 6) is -0.0990. The van der Waals surface area contributed by atoms with Crippen molar-refractivity contribution in [3.63, 3.8) is 0 Å². The molecular formula is C12H11NO4. The van der Waals surface area contributed by atoms with Crippen molar-refractivity contribution in [2.75, 3.05) is 14.2 Å². The molecule has 0 atom stereocenters. The molecule has 0 saturated carbocycles. The van der Waals surface area contributed by atoms with Gasteiger partial charge in [-0.2, -0.15) is 0 Å². The fourth-order valence-electron chi connectivity index (χ4n) is 1.71. The molecule has 0 unspecified atom stereocenters. The first kappa shape index (κ1) is 11.2. The third-order valence-corrected chi connectivity index (χ3v) is 2.57. The number of carbonyl (C=O) groups is 2. The van der Waals surface area contributed by atoms with Crippen LogP contribution in [0.2, 0.25) is 0 Å². The van der Waals surface area contributed by atoms with Gasteiger partial charge in [-0.05, 0) is 12.1 Å². The monoisotopic (exact) mass is 233 g/mol.